The summed E-state index contributed by atoms with van der Waals surface area (Å²) in [5, 5.41) is 0. The van der Waals surface area contributed by atoms with E-state index in [-0.39, 0.29) is 0 Å². The Bertz CT molecular complexity index is 498. The van der Waals surface area contributed by atoms with Crippen molar-refractivity contribution in [3.63, 3.8) is 0 Å². The third-order valence-electron chi connectivity index (χ3n) is 2.25. The van der Waals surface area contributed by atoms with Gasteiger partial charge in [0.05, 0.1) is 6.54 Å². The maximum absolute atomic E-state index is 13.7. The molecule has 1 rings (SSSR count). The minimum atomic E-state index is -5.28. The molecule has 22 heavy (non-hydrogen) atoms. The lowest BCUT2D eigenvalue weighted by Gasteiger charge is -2.33. The summed E-state index contributed by atoms with van der Waals surface area (Å²) in [5.74, 6) is -5.29. The van der Waals surface area contributed by atoms with Gasteiger partial charge in [0.15, 0.2) is 5.76 Å². The maximum atomic E-state index is 13.7. The van der Waals surface area contributed by atoms with Crippen LogP contribution in [-0.2, 0) is 20.0 Å². The van der Waals surface area contributed by atoms with E-state index in [1.807, 2.05) is 0 Å². The zero-order valence-corrected chi connectivity index (χ0v) is 12.7. The van der Waals surface area contributed by atoms with Crippen LogP contribution in [0, 0.1) is 0 Å². The third-order valence-corrected chi connectivity index (χ3v) is 2.96. The van der Waals surface area contributed by atoms with Gasteiger partial charge in [0.1, 0.15) is 5.60 Å². The largest absolute Gasteiger partial charge is 0.508 e. The zero-order valence-electron chi connectivity index (χ0n) is 11.9. The zero-order chi connectivity index (χ0) is 17.3. The molecule has 1 amide bonds. The smallest absolute Gasteiger partial charge is 0.444 e. The predicted molar refractivity (Wildman–Crippen MR) is 66.1 cm³/mol. The van der Waals surface area contributed by atoms with Gasteiger partial charge < -0.3 is 8.92 Å². The van der Waals surface area contributed by atoms with Crippen molar-refractivity contribution in [1.29, 1.82) is 0 Å². The van der Waals surface area contributed by atoms with E-state index in [2.05, 4.69) is 4.18 Å². The van der Waals surface area contributed by atoms with Gasteiger partial charge in [-0.3, -0.25) is 4.90 Å². The van der Waals surface area contributed by atoms with Crippen LogP contribution in [0.3, 0.4) is 0 Å². The molecule has 128 valence electrons. The average molecular weight is 351 g/mol. The molecule has 0 aromatic carbocycles. The van der Waals surface area contributed by atoms with Gasteiger partial charge >= 0.3 is 28.6 Å². The van der Waals surface area contributed by atoms with Crippen LogP contribution in [0.5, 0.6) is 0 Å². The molecule has 0 aromatic rings. The Balaban J connectivity index is 2.82. The molecule has 0 bridgehead atoms. The summed E-state index contributed by atoms with van der Waals surface area (Å²) in [5.41, 5.74) is -6.19. The van der Waals surface area contributed by atoms with E-state index in [0.717, 1.165) is 0 Å². The minimum Gasteiger partial charge on any atom is -0.444 e. The Hall–Kier alpha value is -1.39. The number of carbonyl (C=O) groups is 1. The first-order valence-corrected chi connectivity index (χ1v) is 7.03. The van der Waals surface area contributed by atoms with Crippen LogP contribution in [0.4, 0.5) is 26.7 Å². The molecular weight excluding hydrogens is 337 g/mol. The van der Waals surface area contributed by atoms with Gasteiger partial charge in [-0.15, -0.1) is 0 Å². The van der Waals surface area contributed by atoms with E-state index >= 15 is 0 Å². The van der Waals surface area contributed by atoms with Crippen molar-refractivity contribution in [3.8, 4) is 0 Å². The molecule has 0 saturated heterocycles. The van der Waals surface area contributed by atoms with Crippen LogP contribution >= 0.6 is 0 Å². The second-order valence-corrected chi connectivity index (χ2v) is 6.50. The summed E-state index contributed by atoms with van der Waals surface area (Å²) < 4.78 is 83.0. The molecule has 1 atom stereocenters. The molecule has 0 spiro atoms. The van der Waals surface area contributed by atoms with Crippen molar-refractivity contribution >= 4 is 17.2 Å². The fraction of sp³-hybridized carbons (Fsp3) is 0.727. The Kier molecular flexibility index (Phi) is 5.10. The molecular formula is C11H14F5NO4S. The highest BCUT2D eigenvalue weighted by molar-refractivity contribution is 7.81. The van der Waals surface area contributed by atoms with Gasteiger partial charge in [-0.25, -0.2) is 9.00 Å². The standard InChI is InChI=1S/C11H14F5NO4S/c1-9(2,3)20-8(18)17-5-4-7(10(12,13)6-17)21-22(19)11(14,15)16/h4H,5-6H2,1-3H3. The lowest BCUT2D eigenvalue weighted by atomic mass is 10.2. The summed E-state index contributed by atoms with van der Waals surface area (Å²) >= 11 is -3.90. The highest BCUT2D eigenvalue weighted by Crippen LogP contribution is 2.33. The molecule has 0 fully saturated rings. The van der Waals surface area contributed by atoms with Crippen LogP contribution in [0.1, 0.15) is 20.8 Å². The summed E-state index contributed by atoms with van der Waals surface area (Å²) in [7, 11) is 0. The van der Waals surface area contributed by atoms with Gasteiger partial charge in [0, 0.05) is 6.54 Å². The van der Waals surface area contributed by atoms with E-state index < -0.39 is 53.1 Å². The molecule has 1 heterocycles. The third kappa shape index (κ3) is 5.11. The van der Waals surface area contributed by atoms with Crippen LogP contribution in [0.15, 0.2) is 11.8 Å². The second kappa shape index (κ2) is 6.01. The SMILES string of the molecule is CC(C)(C)OC(=O)N1CC=C(OS(=O)C(F)(F)F)C(F)(F)C1. The number of halogens is 5. The number of ether oxygens (including phenoxy) is 1. The maximum Gasteiger partial charge on any atom is 0.508 e. The molecule has 5 nitrogen and oxygen atoms in total. The molecule has 1 unspecified atom stereocenters. The molecule has 0 saturated carbocycles. The fourth-order valence-corrected chi connectivity index (χ4v) is 1.86. The molecule has 0 aliphatic carbocycles. The molecule has 0 radical (unpaired) electrons. The highest BCUT2D eigenvalue weighted by Gasteiger charge is 2.48. The molecule has 1 aliphatic rings. The first kappa shape index (κ1) is 18.7. The lowest BCUT2D eigenvalue weighted by molar-refractivity contribution is -0.0594. The normalized spacial score (nSPS) is 20.2. The van der Waals surface area contributed by atoms with E-state index in [9.17, 15) is 31.0 Å². The van der Waals surface area contributed by atoms with Gasteiger partial charge in [0.2, 0.25) is 0 Å². The van der Waals surface area contributed by atoms with E-state index in [0.29, 0.717) is 11.0 Å². The first-order valence-electron chi connectivity index (χ1n) is 5.96. The number of hydrogen-bond donors (Lipinski definition) is 0. The summed E-state index contributed by atoms with van der Waals surface area (Å²) in [6, 6.07) is 0. The average Bonchev–Trinajstić information content (AvgIpc) is 2.27. The Labute approximate surface area is 125 Å². The summed E-state index contributed by atoms with van der Waals surface area (Å²) in [4.78, 5) is 12.3. The van der Waals surface area contributed by atoms with Crippen molar-refractivity contribution in [3.05, 3.63) is 11.8 Å². The monoisotopic (exact) mass is 351 g/mol. The van der Waals surface area contributed by atoms with Crippen LogP contribution in [-0.4, -0.2) is 45.3 Å². The Morgan fingerprint density at radius 1 is 1.32 bits per heavy atom. The number of rotatable bonds is 2. The van der Waals surface area contributed by atoms with Gasteiger partial charge in [-0.2, -0.15) is 22.0 Å². The molecule has 1 aliphatic heterocycles. The van der Waals surface area contributed by atoms with Gasteiger partial charge in [-0.05, 0) is 26.8 Å². The minimum absolute atomic E-state index is 0.450. The fourth-order valence-electron chi connectivity index (χ4n) is 1.41. The van der Waals surface area contributed by atoms with Crippen LogP contribution in [0.25, 0.3) is 0 Å². The lowest BCUT2D eigenvalue weighted by Crippen LogP contribution is -2.48. The van der Waals surface area contributed by atoms with Crippen molar-refractivity contribution in [2.75, 3.05) is 13.1 Å². The van der Waals surface area contributed by atoms with Gasteiger partial charge in [-0.1, -0.05) is 0 Å². The molecule has 11 heteroatoms. The number of amides is 1. The van der Waals surface area contributed by atoms with Crippen LogP contribution in [0.2, 0.25) is 0 Å². The predicted octanol–water partition coefficient (Wildman–Crippen LogP) is 2.96. The number of nitrogens with zero attached hydrogens (tertiary/aromatic N) is 1. The topological polar surface area (TPSA) is 55.8 Å². The molecule has 0 N–H and O–H groups in total. The van der Waals surface area contributed by atoms with E-state index in [1.165, 1.54) is 20.8 Å². The number of carbonyl (C=O) groups excluding carboxylic acids is 1. The van der Waals surface area contributed by atoms with Crippen molar-refractivity contribution in [2.45, 2.75) is 37.8 Å². The number of alkyl halides is 5. The number of hydrogen-bond acceptors (Lipinski definition) is 4. The summed E-state index contributed by atoms with van der Waals surface area (Å²) in [6.45, 7) is 2.91. The van der Waals surface area contributed by atoms with E-state index in [4.69, 9.17) is 4.74 Å². The Morgan fingerprint density at radius 3 is 2.27 bits per heavy atom. The highest BCUT2D eigenvalue weighted by atomic mass is 32.2. The van der Waals surface area contributed by atoms with Crippen molar-refractivity contribution in [1.82, 2.24) is 4.90 Å². The Morgan fingerprint density at radius 2 is 1.86 bits per heavy atom. The van der Waals surface area contributed by atoms with Crippen molar-refractivity contribution < 1.29 is 39.9 Å². The van der Waals surface area contributed by atoms with E-state index in [1.54, 1.807) is 0 Å². The van der Waals surface area contributed by atoms with Crippen molar-refractivity contribution in [2.24, 2.45) is 0 Å². The summed E-state index contributed by atoms with van der Waals surface area (Å²) in [6.07, 6.45) is -0.476. The quantitative estimate of drug-likeness (QED) is 0.718. The second-order valence-electron chi connectivity index (χ2n) is 5.40. The molecule has 0 aromatic heterocycles. The first-order chi connectivity index (χ1) is 9.72. The van der Waals surface area contributed by atoms with Crippen LogP contribution < -0.4 is 0 Å². The van der Waals surface area contributed by atoms with Gasteiger partial charge in [0.25, 0.3) is 0 Å².